The molecule has 1 N–H and O–H groups in total. The highest BCUT2D eigenvalue weighted by atomic mass is 16.6. The van der Waals surface area contributed by atoms with E-state index >= 15 is 0 Å². The molecule has 2 unspecified atom stereocenters. The van der Waals surface area contributed by atoms with Gasteiger partial charge in [0.15, 0.2) is 6.10 Å². The van der Waals surface area contributed by atoms with Gasteiger partial charge in [-0.05, 0) is 50.3 Å². The third-order valence-electron chi connectivity index (χ3n) is 3.45. The second kappa shape index (κ2) is 9.40. The van der Waals surface area contributed by atoms with Crippen molar-refractivity contribution >= 4 is 5.97 Å². The van der Waals surface area contributed by atoms with Gasteiger partial charge in [0.1, 0.15) is 5.75 Å². The maximum atomic E-state index is 11.5. The van der Waals surface area contributed by atoms with Crippen molar-refractivity contribution in [2.75, 3.05) is 13.2 Å². The van der Waals surface area contributed by atoms with Crippen molar-refractivity contribution in [2.24, 2.45) is 0 Å². The van der Waals surface area contributed by atoms with Gasteiger partial charge in [0.25, 0.3) is 0 Å². The largest absolute Gasteiger partial charge is 0.508 e. The summed E-state index contributed by atoms with van der Waals surface area (Å²) in [6.07, 6.45) is 2.47. The number of hydrogen-bond acceptors (Lipinski definition) is 4. The van der Waals surface area contributed by atoms with Crippen LogP contribution in [0.3, 0.4) is 0 Å². The summed E-state index contributed by atoms with van der Waals surface area (Å²) >= 11 is 0. The number of aromatic hydroxyl groups is 1. The highest BCUT2D eigenvalue weighted by Crippen LogP contribution is 2.26. The summed E-state index contributed by atoms with van der Waals surface area (Å²) in [5, 5.41) is 9.35. The summed E-state index contributed by atoms with van der Waals surface area (Å²) in [5.41, 5.74) is 1.20. The molecule has 1 aromatic rings. The zero-order chi connectivity index (χ0) is 15.7. The Labute approximate surface area is 127 Å². The zero-order valence-corrected chi connectivity index (χ0v) is 13.2. The molecule has 0 aliphatic rings. The second-order valence-electron chi connectivity index (χ2n) is 5.13. The van der Waals surface area contributed by atoms with Crippen molar-refractivity contribution in [1.29, 1.82) is 0 Å². The smallest absolute Gasteiger partial charge is 0.334 e. The molecule has 0 aliphatic carbocycles. The molecule has 1 rings (SSSR count). The summed E-state index contributed by atoms with van der Waals surface area (Å²) < 4.78 is 10.5. The minimum atomic E-state index is -0.521. The Kier molecular flexibility index (Phi) is 7.83. The second-order valence-corrected chi connectivity index (χ2v) is 5.13. The van der Waals surface area contributed by atoms with Gasteiger partial charge in [-0.3, -0.25) is 0 Å². The molecule has 0 saturated heterocycles. The van der Waals surface area contributed by atoms with Gasteiger partial charge >= 0.3 is 5.97 Å². The summed E-state index contributed by atoms with van der Waals surface area (Å²) in [4.78, 5) is 11.5. The van der Waals surface area contributed by atoms with Gasteiger partial charge in [-0.25, -0.2) is 4.79 Å². The molecule has 0 aromatic heterocycles. The van der Waals surface area contributed by atoms with Crippen molar-refractivity contribution in [2.45, 2.75) is 52.1 Å². The summed E-state index contributed by atoms with van der Waals surface area (Å²) in [7, 11) is 0. The first-order chi connectivity index (χ1) is 10.1. The van der Waals surface area contributed by atoms with E-state index in [-0.39, 0.29) is 11.7 Å². The molecule has 0 heterocycles. The molecule has 4 nitrogen and oxygen atoms in total. The van der Waals surface area contributed by atoms with Crippen LogP contribution in [0.5, 0.6) is 5.75 Å². The lowest BCUT2D eigenvalue weighted by atomic mass is 9.92. The van der Waals surface area contributed by atoms with Gasteiger partial charge in [0.05, 0.1) is 6.61 Å². The summed E-state index contributed by atoms with van der Waals surface area (Å²) in [6, 6.07) is 7.31. The standard InChI is InChI=1S/C17H26O4/c1-4-6-14(15-7-9-16(18)10-8-15)11-12-21-13(3)17(19)20-5-2/h7-10,13-14,18H,4-6,11-12H2,1-3H3. The Balaban J connectivity index is 2.48. The number of phenols is 1. The Morgan fingerprint density at radius 1 is 1.19 bits per heavy atom. The fraction of sp³-hybridized carbons (Fsp3) is 0.588. The van der Waals surface area contributed by atoms with Gasteiger partial charge in [0, 0.05) is 6.61 Å². The average Bonchev–Trinajstić information content (AvgIpc) is 2.47. The molecule has 0 fully saturated rings. The molecule has 1 aromatic carbocycles. The minimum Gasteiger partial charge on any atom is -0.508 e. The summed E-state index contributed by atoms with van der Waals surface area (Å²) in [6.45, 7) is 6.54. The predicted octanol–water partition coefficient (Wildman–Crippen LogP) is 3.63. The van der Waals surface area contributed by atoms with E-state index in [0.717, 1.165) is 19.3 Å². The van der Waals surface area contributed by atoms with Crippen LogP contribution in [0.1, 0.15) is 51.5 Å². The van der Waals surface area contributed by atoms with Crippen LogP contribution < -0.4 is 0 Å². The highest BCUT2D eigenvalue weighted by molar-refractivity contribution is 5.74. The summed E-state index contributed by atoms with van der Waals surface area (Å²) in [5.74, 6) is 0.348. The van der Waals surface area contributed by atoms with Crippen LogP contribution in [0.4, 0.5) is 0 Å². The molecule has 0 aliphatic heterocycles. The predicted molar refractivity (Wildman–Crippen MR) is 82.4 cm³/mol. The van der Waals surface area contributed by atoms with E-state index in [1.54, 1.807) is 26.0 Å². The number of esters is 1. The van der Waals surface area contributed by atoms with Crippen LogP contribution in [0, 0.1) is 0 Å². The molecular weight excluding hydrogens is 268 g/mol. The Morgan fingerprint density at radius 2 is 1.86 bits per heavy atom. The normalized spacial score (nSPS) is 13.7. The number of carbonyl (C=O) groups excluding carboxylic acids is 1. The molecule has 0 radical (unpaired) electrons. The molecule has 21 heavy (non-hydrogen) atoms. The molecule has 0 amide bonds. The monoisotopic (exact) mass is 294 g/mol. The number of carbonyl (C=O) groups is 1. The lowest BCUT2D eigenvalue weighted by Crippen LogP contribution is -2.24. The Morgan fingerprint density at radius 3 is 2.43 bits per heavy atom. The molecule has 118 valence electrons. The van der Waals surface area contributed by atoms with Gasteiger partial charge in [-0.1, -0.05) is 25.5 Å². The van der Waals surface area contributed by atoms with Crippen LogP contribution in [0.25, 0.3) is 0 Å². The molecule has 2 atom stereocenters. The highest BCUT2D eigenvalue weighted by Gasteiger charge is 2.16. The van der Waals surface area contributed by atoms with E-state index in [9.17, 15) is 9.90 Å². The van der Waals surface area contributed by atoms with Crippen LogP contribution in [-0.2, 0) is 14.3 Å². The quantitative estimate of drug-likeness (QED) is 0.707. The first-order valence-corrected chi connectivity index (χ1v) is 7.65. The third-order valence-corrected chi connectivity index (χ3v) is 3.45. The molecular formula is C17H26O4. The topological polar surface area (TPSA) is 55.8 Å². The SMILES string of the molecule is CCCC(CCOC(C)C(=O)OCC)c1ccc(O)cc1. The van der Waals surface area contributed by atoms with Crippen molar-refractivity contribution < 1.29 is 19.4 Å². The third kappa shape index (κ3) is 6.17. The average molecular weight is 294 g/mol. The van der Waals surface area contributed by atoms with E-state index in [1.165, 1.54) is 5.56 Å². The maximum Gasteiger partial charge on any atom is 0.334 e. The number of phenolic OH excluding ortho intramolecular Hbond substituents is 1. The zero-order valence-electron chi connectivity index (χ0n) is 13.2. The van der Waals surface area contributed by atoms with Gasteiger partial charge in [-0.15, -0.1) is 0 Å². The molecule has 0 saturated carbocycles. The van der Waals surface area contributed by atoms with Crippen LogP contribution in [-0.4, -0.2) is 30.4 Å². The molecule has 0 spiro atoms. The van der Waals surface area contributed by atoms with E-state index in [2.05, 4.69) is 6.92 Å². The number of ether oxygens (including phenoxy) is 2. The van der Waals surface area contributed by atoms with E-state index in [0.29, 0.717) is 19.1 Å². The van der Waals surface area contributed by atoms with E-state index < -0.39 is 6.10 Å². The number of rotatable bonds is 9. The minimum absolute atomic E-state index is 0.279. The number of hydrogen-bond donors (Lipinski definition) is 1. The Hall–Kier alpha value is -1.55. The van der Waals surface area contributed by atoms with Gasteiger partial charge in [0.2, 0.25) is 0 Å². The van der Waals surface area contributed by atoms with Crippen molar-refractivity contribution in [1.82, 2.24) is 0 Å². The molecule has 0 bridgehead atoms. The first-order valence-electron chi connectivity index (χ1n) is 7.65. The Bertz CT molecular complexity index is 413. The number of benzene rings is 1. The van der Waals surface area contributed by atoms with Crippen molar-refractivity contribution in [3.05, 3.63) is 29.8 Å². The molecule has 4 heteroatoms. The van der Waals surface area contributed by atoms with Crippen LogP contribution in [0.15, 0.2) is 24.3 Å². The van der Waals surface area contributed by atoms with Crippen molar-refractivity contribution in [3.8, 4) is 5.75 Å². The van der Waals surface area contributed by atoms with Crippen LogP contribution >= 0.6 is 0 Å². The van der Waals surface area contributed by atoms with Gasteiger partial charge in [-0.2, -0.15) is 0 Å². The van der Waals surface area contributed by atoms with Crippen LogP contribution in [0.2, 0.25) is 0 Å². The fourth-order valence-electron chi connectivity index (χ4n) is 2.29. The fourth-order valence-corrected chi connectivity index (χ4v) is 2.29. The van der Waals surface area contributed by atoms with Gasteiger partial charge < -0.3 is 14.6 Å². The maximum absolute atomic E-state index is 11.5. The van der Waals surface area contributed by atoms with Crippen molar-refractivity contribution in [3.63, 3.8) is 0 Å². The first kappa shape index (κ1) is 17.5. The lowest BCUT2D eigenvalue weighted by Gasteiger charge is -2.18. The van der Waals surface area contributed by atoms with E-state index in [4.69, 9.17) is 9.47 Å². The van der Waals surface area contributed by atoms with E-state index in [1.807, 2.05) is 12.1 Å². The lowest BCUT2D eigenvalue weighted by molar-refractivity contribution is -0.155.